The maximum atomic E-state index is 13.6. The SMILES string of the molecule is Cc1cc(OCC(=O)NC2CCOCC2)c(F)cc1N. The number of nitrogen functional groups attached to an aromatic ring is 1. The number of ether oxygens (including phenoxy) is 2. The number of aryl methyl sites for hydroxylation is 1. The van der Waals surface area contributed by atoms with E-state index in [1.807, 2.05) is 0 Å². The van der Waals surface area contributed by atoms with Crippen LogP contribution in [0.2, 0.25) is 0 Å². The standard InChI is InChI=1S/C14H19FN2O3/c1-9-6-13(11(15)7-12(9)16)20-8-14(18)17-10-2-4-19-5-3-10/h6-7,10H,2-5,8,16H2,1H3,(H,17,18). The van der Waals surface area contributed by atoms with Crippen molar-refractivity contribution in [3.8, 4) is 5.75 Å². The van der Waals surface area contributed by atoms with E-state index in [-0.39, 0.29) is 24.3 Å². The molecule has 0 spiro atoms. The molecule has 110 valence electrons. The van der Waals surface area contributed by atoms with Gasteiger partial charge in [-0.25, -0.2) is 4.39 Å². The first-order valence-electron chi connectivity index (χ1n) is 6.62. The smallest absolute Gasteiger partial charge is 0.258 e. The first-order chi connectivity index (χ1) is 9.56. The van der Waals surface area contributed by atoms with Crippen LogP contribution < -0.4 is 15.8 Å². The molecule has 0 atom stereocenters. The Morgan fingerprint density at radius 2 is 2.20 bits per heavy atom. The number of rotatable bonds is 4. The third kappa shape index (κ3) is 3.84. The molecule has 1 aliphatic rings. The van der Waals surface area contributed by atoms with Crippen LogP contribution >= 0.6 is 0 Å². The summed E-state index contributed by atoms with van der Waals surface area (Å²) in [5.41, 5.74) is 6.66. The predicted octanol–water partition coefficient (Wildman–Crippen LogP) is 1.39. The number of halogens is 1. The van der Waals surface area contributed by atoms with Gasteiger partial charge < -0.3 is 20.5 Å². The summed E-state index contributed by atoms with van der Waals surface area (Å²) >= 11 is 0. The zero-order valence-electron chi connectivity index (χ0n) is 11.4. The highest BCUT2D eigenvalue weighted by atomic mass is 19.1. The van der Waals surface area contributed by atoms with Crippen molar-refractivity contribution in [2.45, 2.75) is 25.8 Å². The summed E-state index contributed by atoms with van der Waals surface area (Å²) in [6.45, 7) is 2.84. The molecule has 1 saturated heterocycles. The van der Waals surface area contributed by atoms with E-state index in [2.05, 4.69) is 5.32 Å². The average Bonchev–Trinajstić information content (AvgIpc) is 2.42. The summed E-state index contributed by atoms with van der Waals surface area (Å²) < 4.78 is 24.0. The van der Waals surface area contributed by atoms with Gasteiger partial charge in [0.1, 0.15) is 0 Å². The van der Waals surface area contributed by atoms with Crippen LogP contribution in [0.5, 0.6) is 5.75 Å². The van der Waals surface area contributed by atoms with E-state index in [1.165, 1.54) is 12.1 Å². The molecule has 0 radical (unpaired) electrons. The molecule has 1 amide bonds. The molecule has 0 bridgehead atoms. The number of anilines is 1. The molecule has 3 N–H and O–H groups in total. The molecule has 20 heavy (non-hydrogen) atoms. The molecular formula is C14H19FN2O3. The molecule has 1 fully saturated rings. The van der Waals surface area contributed by atoms with Gasteiger partial charge in [0, 0.05) is 31.0 Å². The minimum Gasteiger partial charge on any atom is -0.481 e. The van der Waals surface area contributed by atoms with Crippen molar-refractivity contribution < 1.29 is 18.7 Å². The molecule has 1 aromatic rings. The normalized spacial score (nSPS) is 15.9. The van der Waals surface area contributed by atoms with Crippen LogP contribution in [0.15, 0.2) is 12.1 Å². The molecule has 0 saturated carbocycles. The molecule has 1 aliphatic heterocycles. The molecule has 1 heterocycles. The lowest BCUT2D eigenvalue weighted by Gasteiger charge is -2.23. The second kappa shape index (κ2) is 6.56. The molecule has 0 aliphatic carbocycles. The van der Waals surface area contributed by atoms with E-state index in [4.69, 9.17) is 15.2 Å². The van der Waals surface area contributed by atoms with Crippen molar-refractivity contribution in [3.63, 3.8) is 0 Å². The molecule has 2 rings (SSSR count). The van der Waals surface area contributed by atoms with Gasteiger partial charge >= 0.3 is 0 Å². The van der Waals surface area contributed by atoms with Crippen LogP contribution in [0, 0.1) is 12.7 Å². The van der Waals surface area contributed by atoms with E-state index in [0.717, 1.165) is 12.8 Å². The van der Waals surface area contributed by atoms with Crippen molar-refractivity contribution in [2.24, 2.45) is 0 Å². The van der Waals surface area contributed by atoms with Crippen LogP contribution in [0.25, 0.3) is 0 Å². The first kappa shape index (κ1) is 14.6. The van der Waals surface area contributed by atoms with Gasteiger partial charge in [0.2, 0.25) is 0 Å². The van der Waals surface area contributed by atoms with Crippen LogP contribution in [-0.4, -0.2) is 31.8 Å². The third-order valence-corrected chi connectivity index (χ3v) is 3.27. The molecule has 6 heteroatoms. The van der Waals surface area contributed by atoms with Gasteiger partial charge in [0.25, 0.3) is 5.91 Å². The minimum absolute atomic E-state index is 0.0406. The monoisotopic (exact) mass is 282 g/mol. The van der Waals surface area contributed by atoms with Gasteiger partial charge in [0.05, 0.1) is 0 Å². The lowest BCUT2D eigenvalue weighted by Crippen LogP contribution is -2.41. The van der Waals surface area contributed by atoms with Crippen molar-refractivity contribution in [3.05, 3.63) is 23.5 Å². The van der Waals surface area contributed by atoms with Crippen LogP contribution in [0.1, 0.15) is 18.4 Å². The Labute approximate surface area is 117 Å². The van der Waals surface area contributed by atoms with Crippen LogP contribution in [0.4, 0.5) is 10.1 Å². The third-order valence-electron chi connectivity index (χ3n) is 3.27. The van der Waals surface area contributed by atoms with E-state index >= 15 is 0 Å². The number of hydrogen-bond acceptors (Lipinski definition) is 4. The summed E-state index contributed by atoms with van der Waals surface area (Å²) in [7, 11) is 0. The second-order valence-electron chi connectivity index (χ2n) is 4.88. The number of carbonyl (C=O) groups is 1. The zero-order valence-corrected chi connectivity index (χ0v) is 11.4. The lowest BCUT2D eigenvalue weighted by atomic mass is 10.1. The maximum absolute atomic E-state index is 13.6. The predicted molar refractivity (Wildman–Crippen MR) is 73.0 cm³/mol. The molecule has 1 aromatic carbocycles. The largest absolute Gasteiger partial charge is 0.481 e. The average molecular weight is 282 g/mol. The fraction of sp³-hybridized carbons (Fsp3) is 0.500. The van der Waals surface area contributed by atoms with Gasteiger partial charge in [-0.1, -0.05) is 0 Å². The Morgan fingerprint density at radius 3 is 2.90 bits per heavy atom. The highest BCUT2D eigenvalue weighted by molar-refractivity contribution is 5.77. The van der Waals surface area contributed by atoms with Crippen molar-refractivity contribution in [2.75, 3.05) is 25.6 Å². The van der Waals surface area contributed by atoms with Gasteiger partial charge in [-0.05, 0) is 31.4 Å². The topological polar surface area (TPSA) is 73.6 Å². The van der Waals surface area contributed by atoms with E-state index in [0.29, 0.717) is 24.5 Å². The Hall–Kier alpha value is -1.82. The fourth-order valence-electron chi connectivity index (χ4n) is 2.04. The Bertz CT molecular complexity index is 488. The summed E-state index contributed by atoms with van der Waals surface area (Å²) in [6.07, 6.45) is 1.59. The van der Waals surface area contributed by atoms with Gasteiger partial charge in [-0.15, -0.1) is 0 Å². The number of nitrogens with two attached hydrogens (primary N) is 1. The Morgan fingerprint density at radius 1 is 1.50 bits per heavy atom. The number of nitrogens with one attached hydrogen (secondary N) is 1. The molecule has 0 aromatic heterocycles. The van der Waals surface area contributed by atoms with Gasteiger partial charge in [-0.3, -0.25) is 4.79 Å². The highest BCUT2D eigenvalue weighted by Crippen LogP contribution is 2.23. The Kier molecular flexibility index (Phi) is 4.79. The van der Waals surface area contributed by atoms with Crippen LogP contribution in [0.3, 0.4) is 0 Å². The minimum atomic E-state index is -0.563. The fourth-order valence-corrected chi connectivity index (χ4v) is 2.04. The molecule has 0 unspecified atom stereocenters. The summed E-state index contributed by atoms with van der Waals surface area (Å²) in [6, 6.07) is 2.80. The Balaban J connectivity index is 1.85. The first-order valence-corrected chi connectivity index (χ1v) is 6.62. The zero-order chi connectivity index (χ0) is 14.5. The van der Waals surface area contributed by atoms with Crippen molar-refractivity contribution >= 4 is 11.6 Å². The number of carbonyl (C=O) groups excluding carboxylic acids is 1. The molecule has 5 nitrogen and oxygen atoms in total. The maximum Gasteiger partial charge on any atom is 0.258 e. The number of amides is 1. The summed E-state index contributed by atoms with van der Waals surface area (Å²) in [4.78, 5) is 11.7. The van der Waals surface area contributed by atoms with E-state index in [1.54, 1.807) is 6.92 Å². The lowest BCUT2D eigenvalue weighted by molar-refractivity contribution is -0.124. The highest BCUT2D eigenvalue weighted by Gasteiger charge is 2.16. The van der Waals surface area contributed by atoms with Gasteiger partial charge in [0.15, 0.2) is 18.2 Å². The molecular weight excluding hydrogens is 263 g/mol. The second-order valence-corrected chi connectivity index (χ2v) is 4.88. The quantitative estimate of drug-likeness (QED) is 0.818. The summed E-state index contributed by atoms with van der Waals surface area (Å²) in [5.74, 6) is -0.781. The summed E-state index contributed by atoms with van der Waals surface area (Å²) in [5, 5.41) is 2.84. The van der Waals surface area contributed by atoms with E-state index in [9.17, 15) is 9.18 Å². The van der Waals surface area contributed by atoms with Gasteiger partial charge in [-0.2, -0.15) is 0 Å². The number of hydrogen-bond donors (Lipinski definition) is 2. The van der Waals surface area contributed by atoms with Crippen molar-refractivity contribution in [1.29, 1.82) is 0 Å². The number of benzene rings is 1. The van der Waals surface area contributed by atoms with Crippen LogP contribution in [-0.2, 0) is 9.53 Å². The van der Waals surface area contributed by atoms with E-state index < -0.39 is 5.82 Å². The van der Waals surface area contributed by atoms with Crippen molar-refractivity contribution in [1.82, 2.24) is 5.32 Å².